The Morgan fingerprint density at radius 2 is 2.05 bits per heavy atom. The van der Waals surface area contributed by atoms with E-state index in [4.69, 9.17) is 16.7 Å². The third kappa shape index (κ3) is 2.61. The van der Waals surface area contributed by atoms with E-state index >= 15 is 0 Å². The zero-order chi connectivity index (χ0) is 14.9. The standard InChI is InChI=1S/C13H13ClN2O4/c1-7-4-11(18)9(5-8(7)14)15-10-6-12(19)16(2-3-17)13(10)20/h4-6,15,17-18H,2-3H2,1H3. The van der Waals surface area contributed by atoms with Gasteiger partial charge in [0.15, 0.2) is 0 Å². The van der Waals surface area contributed by atoms with Crippen LogP contribution in [0.5, 0.6) is 5.75 Å². The molecule has 0 atom stereocenters. The van der Waals surface area contributed by atoms with Gasteiger partial charge in [-0.25, -0.2) is 0 Å². The van der Waals surface area contributed by atoms with E-state index in [1.165, 1.54) is 12.1 Å². The molecule has 0 unspecified atom stereocenters. The average Bonchev–Trinajstić information content (AvgIpc) is 2.64. The van der Waals surface area contributed by atoms with Crippen molar-refractivity contribution in [2.45, 2.75) is 6.92 Å². The van der Waals surface area contributed by atoms with Gasteiger partial charge < -0.3 is 15.5 Å². The van der Waals surface area contributed by atoms with Crippen molar-refractivity contribution < 1.29 is 19.8 Å². The molecule has 0 radical (unpaired) electrons. The maximum Gasteiger partial charge on any atom is 0.277 e. The van der Waals surface area contributed by atoms with Crippen molar-refractivity contribution in [3.05, 3.63) is 34.5 Å². The van der Waals surface area contributed by atoms with Crippen LogP contribution in [-0.4, -0.2) is 40.1 Å². The Hall–Kier alpha value is -2.05. The Balaban J connectivity index is 2.23. The van der Waals surface area contributed by atoms with E-state index in [1.54, 1.807) is 6.92 Å². The van der Waals surface area contributed by atoms with Crippen molar-refractivity contribution in [2.75, 3.05) is 18.5 Å². The number of carbonyl (C=O) groups excluding carboxylic acids is 2. The number of benzene rings is 1. The normalized spacial score (nSPS) is 14.8. The second-order valence-corrected chi connectivity index (χ2v) is 4.73. The number of aryl methyl sites for hydroxylation is 1. The van der Waals surface area contributed by atoms with Gasteiger partial charge in [0.2, 0.25) is 0 Å². The number of phenolic OH excluding ortho intramolecular Hbond substituents is 1. The summed E-state index contributed by atoms with van der Waals surface area (Å²) in [7, 11) is 0. The van der Waals surface area contributed by atoms with Gasteiger partial charge in [0, 0.05) is 11.1 Å². The number of hydrogen-bond acceptors (Lipinski definition) is 5. The zero-order valence-corrected chi connectivity index (χ0v) is 11.4. The van der Waals surface area contributed by atoms with Crippen LogP contribution in [0.25, 0.3) is 0 Å². The molecule has 0 saturated carbocycles. The van der Waals surface area contributed by atoms with Crippen molar-refractivity contribution >= 4 is 29.1 Å². The molecule has 0 aliphatic carbocycles. The molecule has 2 rings (SSSR count). The highest BCUT2D eigenvalue weighted by atomic mass is 35.5. The number of hydrogen-bond donors (Lipinski definition) is 3. The predicted octanol–water partition coefficient (Wildman–Crippen LogP) is 1.01. The molecule has 106 valence electrons. The largest absolute Gasteiger partial charge is 0.506 e. The summed E-state index contributed by atoms with van der Waals surface area (Å²) in [5, 5.41) is 21.7. The first-order valence-corrected chi connectivity index (χ1v) is 6.26. The lowest BCUT2D eigenvalue weighted by Crippen LogP contribution is -2.34. The molecule has 1 aromatic rings. The quantitative estimate of drug-likeness (QED) is 0.570. The first-order valence-electron chi connectivity index (χ1n) is 5.88. The van der Waals surface area contributed by atoms with E-state index in [2.05, 4.69) is 5.32 Å². The van der Waals surface area contributed by atoms with Crippen LogP contribution in [0.3, 0.4) is 0 Å². The van der Waals surface area contributed by atoms with E-state index in [1.807, 2.05) is 0 Å². The van der Waals surface area contributed by atoms with Gasteiger partial charge in [-0.05, 0) is 24.6 Å². The number of aromatic hydroxyl groups is 1. The number of aliphatic hydroxyl groups excluding tert-OH is 1. The second-order valence-electron chi connectivity index (χ2n) is 4.32. The van der Waals surface area contributed by atoms with Crippen LogP contribution in [0.1, 0.15) is 5.56 Å². The number of phenols is 1. The van der Waals surface area contributed by atoms with Gasteiger partial charge in [-0.3, -0.25) is 14.5 Å². The van der Waals surface area contributed by atoms with Gasteiger partial charge >= 0.3 is 0 Å². The van der Waals surface area contributed by atoms with Crippen LogP contribution in [0.2, 0.25) is 5.02 Å². The summed E-state index contributed by atoms with van der Waals surface area (Å²) in [5.41, 5.74) is 0.956. The number of nitrogens with zero attached hydrogens (tertiary/aromatic N) is 1. The van der Waals surface area contributed by atoms with Crippen LogP contribution in [-0.2, 0) is 9.59 Å². The Morgan fingerprint density at radius 3 is 2.70 bits per heavy atom. The molecule has 0 spiro atoms. The maximum absolute atomic E-state index is 11.9. The number of imide groups is 1. The van der Waals surface area contributed by atoms with E-state index in [-0.39, 0.29) is 30.3 Å². The number of halogens is 1. The number of nitrogens with one attached hydrogen (secondary N) is 1. The molecule has 6 nitrogen and oxygen atoms in total. The molecule has 0 bridgehead atoms. The fraction of sp³-hybridized carbons (Fsp3) is 0.231. The molecule has 3 N–H and O–H groups in total. The summed E-state index contributed by atoms with van der Waals surface area (Å²) in [6.45, 7) is 1.36. The summed E-state index contributed by atoms with van der Waals surface area (Å²) in [6, 6.07) is 2.93. The molecule has 20 heavy (non-hydrogen) atoms. The summed E-state index contributed by atoms with van der Waals surface area (Å²) in [6.07, 6.45) is 1.12. The first kappa shape index (κ1) is 14.4. The van der Waals surface area contributed by atoms with Gasteiger partial charge in [-0.2, -0.15) is 0 Å². The van der Waals surface area contributed by atoms with Gasteiger partial charge in [-0.15, -0.1) is 0 Å². The van der Waals surface area contributed by atoms with E-state index in [9.17, 15) is 14.7 Å². The number of β-amino-alcohol motifs (C(OH)–C–C–N with tert-alkyl or cyclic N) is 1. The average molecular weight is 297 g/mol. The zero-order valence-electron chi connectivity index (χ0n) is 10.7. The molecule has 1 heterocycles. The number of anilines is 1. The molecule has 7 heteroatoms. The maximum atomic E-state index is 11.9. The lowest BCUT2D eigenvalue weighted by Gasteiger charge is -2.14. The van der Waals surface area contributed by atoms with Crippen molar-refractivity contribution in [1.82, 2.24) is 4.90 Å². The summed E-state index contributed by atoms with van der Waals surface area (Å²) >= 11 is 5.95. The summed E-state index contributed by atoms with van der Waals surface area (Å²) < 4.78 is 0. The monoisotopic (exact) mass is 296 g/mol. The van der Waals surface area contributed by atoms with Crippen molar-refractivity contribution in [3.8, 4) is 5.75 Å². The SMILES string of the molecule is Cc1cc(O)c(NC2=CC(=O)N(CCO)C2=O)cc1Cl. The highest BCUT2D eigenvalue weighted by Gasteiger charge is 2.30. The van der Waals surface area contributed by atoms with E-state index in [0.29, 0.717) is 10.6 Å². The second kappa shape index (κ2) is 5.52. The number of amides is 2. The van der Waals surface area contributed by atoms with Gasteiger partial charge in [0.25, 0.3) is 11.8 Å². The third-order valence-corrected chi connectivity index (χ3v) is 3.29. The Kier molecular flexibility index (Phi) is 3.96. The van der Waals surface area contributed by atoms with Crippen LogP contribution in [0.15, 0.2) is 23.9 Å². The van der Waals surface area contributed by atoms with Crippen LogP contribution in [0.4, 0.5) is 5.69 Å². The van der Waals surface area contributed by atoms with Gasteiger partial charge in [0.05, 0.1) is 18.8 Å². The molecule has 0 fully saturated rings. The van der Waals surface area contributed by atoms with Crippen LogP contribution in [0, 0.1) is 6.92 Å². The fourth-order valence-corrected chi connectivity index (χ4v) is 1.99. The van der Waals surface area contributed by atoms with E-state index in [0.717, 1.165) is 11.0 Å². The highest BCUT2D eigenvalue weighted by molar-refractivity contribution is 6.31. The number of rotatable bonds is 4. The smallest absolute Gasteiger partial charge is 0.277 e. The predicted molar refractivity (Wildman–Crippen MR) is 73.4 cm³/mol. The molecule has 2 amide bonds. The van der Waals surface area contributed by atoms with Crippen molar-refractivity contribution in [3.63, 3.8) is 0 Å². The molecule has 1 aromatic carbocycles. The van der Waals surface area contributed by atoms with Crippen LogP contribution >= 0.6 is 11.6 Å². The Morgan fingerprint density at radius 1 is 1.35 bits per heavy atom. The molecular formula is C13H13ClN2O4. The Labute approximate surface area is 120 Å². The minimum absolute atomic E-state index is 0.0265. The molecule has 0 saturated heterocycles. The molecular weight excluding hydrogens is 284 g/mol. The lowest BCUT2D eigenvalue weighted by atomic mass is 10.2. The molecule has 0 aromatic heterocycles. The van der Waals surface area contributed by atoms with Crippen molar-refractivity contribution in [2.24, 2.45) is 0 Å². The first-order chi connectivity index (χ1) is 9.43. The lowest BCUT2D eigenvalue weighted by molar-refractivity contribution is -0.137. The third-order valence-electron chi connectivity index (χ3n) is 2.88. The minimum Gasteiger partial charge on any atom is -0.506 e. The summed E-state index contributed by atoms with van der Waals surface area (Å²) in [4.78, 5) is 24.4. The van der Waals surface area contributed by atoms with Crippen LogP contribution < -0.4 is 5.32 Å². The van der Waals surface area contributed by atoms with E-state index < -0.39 is 11.8 Å². The van der Waals surface area contributed by atoms with Gasteiger partial charge in [-0.1, -0.05) is 11.6 Å². The highest BCUT2D eigenvalue weighted by Crippen LogP contribution is 2.31. The topological polar surface area (TPSA) is 89.9 Å². The number of aliphatic hydroxyl groups is 1. The summed E-state index contributed by atoms with van der Waals surface area (Å²) in [5.74, 6) is -1.14. The number of carbonyl (C=O) groups is 2. The molecule has 1 aliphatic heterocycles. The molecule has 1 aliphatic rings. The van der Waals surface area contributed by atoms with Gasteiger partial charge in [0.1, 0.15) is 11.4 Å². The fourth-order valence-electron chi connectivity index (χ4n) is 1.82. The van der Waals surface area contributed by atoms with Crippen molar-refractivity contribution in [1.29, 1.82) is 0 Å². The Bertz CT molecular complexity index is 613. The minimum atomic E-state index is -0.555.